The van der Waals surface area contributed by atoms with Crippen LogP contribution >= 0.6 is 0 Å². The first-order chi connectivity index (χ1) is 12.5. The Morgan fingerprint density at radius 3 is 2.08 bits per heavy atom. The van der Waals surface area contributed by atoms with Crippen LogP contribution < -0.4 is 0 Å². The molecule has 0 saturated carbocycles. The predicted octanol–water partition coefficient (Wildman–Crippen LogP) is 3.96. The number of allylic oxidation sites excluding steroid dienone is 1. The molecule has 0 radical (unpaired) electrons. The Morgan fingerprint density at radius 2 is 1.46 bits per heavy atom. The van der Waals surface area contributed by atoms with E-state index in [0.717, 1.165) is 28.0 Å². The topological polar surface area (TPSA) is 69.9 Å². The maximum atomic E-state index is 10.2. The van der Waals surface area contributed by atoms with E-state index in [2.05, 4.69) is 6.08 Å². The second-order valence-corrected chi connectivity index (χ2v) is 7.00. The molecule has 4 nitrogen and oxygen atoms in total. The molecule has 26 heavy (non-hydrogen) atoms. The van der Waals surface area contributed by atoms with Crippen molar-refractivity contribution in [2.75, 3.05) is 6.61 Å². The van der Waals surface area contributed by atoms with Gasteiger partial charge in [-0.25, -0.2) is 0 Å². The molecule has 1 aliphatic heterocycles. The van der Waals surface area contributed by atoms with E-state index in [4.69, 9.17) is 4.74 Å². The van der Waals surface area contributed by atoms with Crippen molar-refractivity contribution in [1.29, 1.82) is 0 Å². The average molecular weight is 350 g/mol. The first-order valence-electron chi connectivity index (χ1n) is 8.84. The van der Waals surface area contributed by atoms with Crippen LogP contribution in [0, 0.1) is 0 Å². The Morgan fingerprint density at radius 1 is 0.885 bits per heavy atom. The fraction of sp³-hybridized carbons (Fsp3) is 0.273. The van der Waals surface area contributed by atoms with E-state index in [1.165, 1.54) is 0 Å². The van der Waals surface area contributed by atoms with Gasteiger partial charge in [-0.1, -0.05) is 30.3 Å². The zero-order valence-corrected chi connectivity index (χ0v) is 14.6. The Bertz CT molecular complexity index is 862. The monoisotopic (exact) mass is 350 g/mol. The SMILES string of the molecule is CC1=C2OCC(c3ccc(O)cc3)C(c3ccc(O)cc3)C2=CCC1O. The van der Waals surface area contributed by atoms with Gasteiger partial charge < -0.3 is 20.1 Å². The van der Waals surface area contributed by atoms with Crippen molar-refractivity contribution in [2.24, 2.45) is 0 Å². The van der Waals surface area contributed by atoms with Crippen molar-refractivity contribution in [1.82, 2.24) is 0 Å². The third kappa shape index (κ3) is 2.86. The number of ether oxygens (including phenoxy) is 1. The van der Waals surface area contributed by atoms with Gasteiger partial charge in [0.05, 0.1) is 12.7 Å². The summed E-state index contributed by atoms with van der Waals surface area (Å²) in [5.41, 5.74) is 4.14. The molecule has 0 aromatic heterocycles. The largest absolute Gasteiger partial charge is 0.508 e. The van der Waals surface area contributed by atoms with Crippen molar-refractivity contribution < 1.29 is 20.1 Å². The zero-order valence-electron chi connectivity index (χ0n) is 14.6. The summed E-state index contributed by atoms with van der Waals surface area (Å²) in [5.74, 6) is 1.41. The quantitative estimate of drug-likeness (QED) is 0.767. The van der Waals surface area contributed by atoms with Crippen LogP contribution in [-0.2, 0) is 4.74 Å². The van der Waals surface area contributed by atoms with Crippen LogP contribution in [-0.4, -0.2) is 28.0 Å². The van der Waals surface area contributed by atoms with Crippen LogP contribution in [0.25, 0.3) is 0 Å². The summed E-state index contributed by atoms with van der Waals surface area (Å²) in [6.07, 6.45) is 2.14. The van der Waals surface area contributed by atoms with Crippen molar-refractivity contribution in [3.8, 4) is 11.5 Å². The highest BCUT2D eigenvalue weighted by Gasteiger charge is 2.38. The fourth-order valence-corrected chi connectivity index (χ4v) is 3.94. The molecule has 134 valence electrons. The Hall–Kier alpha value is -2.72. The van der Waals surface area contributed by atoms with Crippen LogP contribution in [0.2, 0.25) is 0 Å². The van der Waals surface area contributed by atoms with Crippen LogP contribution in [0.15, 0.2) is 71.5 Å². The van der Waals surface area contributed by atoms with Gasteiger partial charge in [-0.05, 0) is 59.9 Å². The van der Waals surface area contributed by atoms with E-state index in [1.807, 2.05) is 31.2 Å². The van der Waals surface area contributed by atoms with Gasteiger partial charge in [0.15, 0.2) is 0 Å². The molecule has 1 aliphatic carbocycles. The Kier molecular flexibility index (Phi) is 4.21. The van der Waals surface area contributed by atoms with Gasteiger partial charge in [-0.15, -0.1) is 0 Å². The number of hydrogen-bond donors (Lipinski definition) is 3. The van der Waals surface area contributed by atoms with Crippen LogP contribution in [0.5, 0.6) is 11.5 Å². The van der Waals surface area contributed by atoms with E-state index in [1.54, 1.807) is 24.3 Å². The molecular formula is C22H22O4. The van der Waals surface area contributed by atoms with Gasteiger partial charge in [0.1, 0.15) is 17.3 Å². The molecule has 1 saturated heterocycles. The molecule has 3 unspecified atom stereocenters. The molecule has 4 heteroatoms. The number of aliphatic hydroxyl groups excluding tert-OH is 1. The van der Waals surface area contributed by atoms with Crippen molar-refractivity contribution in [3.05, 3.63) is 82.6 Å². The second kappa shape index (κ2) is 6.54. The maximum absolute atomic E-state index is 10.2. The fourth-order valence-electron chi connectivity index (χ4n) is 3.94. The highest BCUT2D eigenvalue weighted by atomic mass is 16.5. The highest BCUT2D eigenvalue weighted by molar-refractivity contribution is 5.49. The number of benzene rings is 2. The lowest BCUT2D eigenvalue weighted by atomic mass is 9.72. The van der Waals surface area contributed by atoms with Crippen molar-refractivity contribution in [3.63, 3.8) is 0 Å². The molecule has 0 bridgehead atoms. The number of hydrogen-bond acceptors (Lipinski definition) is 4. The van der Waals surface area contributed by atoms with Gasteiger partial charge in [0, 0.05) is 11.8 Å². The molecular weight excluding hydrogens is 328 g/mol. The number of aromatic hydroxyl groups is 2. The Labute approximate surface area is 152 Å². The molecule has 0 spiro atoms. The maximum Gasteiger partial charge on any atom is 0.124 e. The lowest BCUT2D eigenvalue weighted by Gasteiger charge is -2.39. The number of phenolic OH excluding ortho intramolecular Hbond substituents is 2. The molecule has 2 aromatic carbocycles. The van der Waals surface area contributed by atoms with E-state index in [9.17, 15) is 15.3 Å². The normalized spacial score (nSPS) is 25.3. The van der Waals surface area contributed by atoms with Crippen LogP contribution in [0.1, 0.15) is 36.3 Å². The summed E-state index contributed by atoms with van der Waals surface area (Å²) >= 11 is 0. The van der Waals surface area contributed by atoms with E-state index in [-0.39, 0.29) is 23.3 Å². The van der Waals surface area contributed by atoms with E-state index < -0.39 is 6.10 Å². The first kappa shape index (κ1) is 16.7. The van der Waals surface area contributed by atoms with Crippen molar-refractivity contribution >= 4 is 0 Å². The molecule has 3 atom stereocenters. The average Bonchev–Trinajstić information content (AvgIpc) is 2.65. The molecule has 1 heterocycles. The second-order valence-electron chi connectivity index (χ2n) is 7.00. The summed E-state index contributed by atoms with van der Waals surface area (Å²) < 4.78 is 6.08. The van der Waals surface area contributed by atoms with Gasteiger partial charge in [-0.3, -0.25) is 0 Å². The lowest BCUT2D eigenvalue weighted by Crippen LogP contribution is -2.30. The third-order valence-corrected chi connectivity index (χ3v) is 5.40. The molecule has 2 aliphatic rings. The van der Waals surface area contributed by atoms with Gasteiger partial charge in [0.25, 0.3) is 0 Å². The molecule has 3 N–H and O–H groups in total. The zero-order chi connectivity index (χ0) is 18.3. The summed E-state index contributed by atoms with van der Waals surface area (Å²) in [4.78, 5) is 0. The number of phenols is 2. The number of aliphatic hydroxyl groups is 1. The van der Waals surface area contributed by atoms with Gasteiger partial charge >= 0.3 is 0 Å². The van der Waals surface area contributed by atoms with E-state index in [0.29, 0.717) is 13.0 Å². The molecule has 2 aromatic rings. The van der Waals surface area contributed by atoms with Crippen LogP contribution in [0.3, 0.4) is 0 Å². The smallest absolute Gasteiger partial charge is 0.124 e. The third-order valence-electron chi connectivity index (χ3n) is 5.40. The van der Waals surface area contributed by atoms with Crippen LogP contribution in [0.4, 0.5) is 0 Å². The van der Waals surface area contributed by atoms with Gasteiger partial charge in [-0.2, -0.15) is 0 Å². The predicted molar refractivity (Wildman–Crippen MR) is 99.1 cm³/mol. The van der Waals surface area contributed by atoms with E-state index >= 15 is 0 Å². The van der Waals surface area contributed by atoms with Crippen molar-refractivity contribution in [2.45, 2.75) is 31.3 Å². The van der Waals surface area contributed by atoms with Gasteiger partial charge in [0.2, 0.25) is 0 Å². The summed E-state index contributed by atoms with van der Waals surface area (Å²) in [6.45, 7) is 2.41. The highest BCUT2D eigenvalue weighted by Crippen LogP contribution is 2.48. The molecule has 0 amide bonds. The standard InChI is InChI=1S/C22H22O4/c1-13-20(25)11-10-18-21(15-4-8-17(24)9-5-15)19(12-26-22(13)18)14-2-6-16(23)7-3-14/h2-10,19-21,23-25H,11-12H2,1H3. The summed E-state index contributed by atoms with van der Waals surface area (Å²) in [5, 5.41) is 29.5. The number of fused-ring (bicyclic) bond motifs is 1. The minimum Gasteiger partial charge on any atom is -0.508 e. The minimum atomic E-state index is -0.501. The molecule has 4 rings (SSSR count). The molecule has 1 fully saturated rings. The minimum absolute atomic E-state index is 0.0614. The summed E-state index contributed by atoms with van der Waals surface area (Å²) in [7, 11) is 0. The number of rotatable bonds is 2. The summed E-state index contributed by atoms with van der Waals surface area (Å²) in [6, 6.07) is 14.5. The first-order valence-corrected chi connectivity index (χ1v) is 8.84. The Balaban J connectivity index is 1.82. The lowest BCUT2D eigenvalue weighted by molar-refractivity contribution is 0.138.